The molecule has 6 aromatic rings. The third-order valence-electron chi connectivity index (χ3n) is 8.47. The molecule has 1 nitrogen and oxygen atoms in total. The first-order valence-corrected chi connectivity index (χ1v) is 23.3. The van der Waals surface area contributed by atoms with Crippen LogP contribution in [0.25, 0.3) is 0 Å². The largest absolute Gasteiger partial charge is 0.307 e. The number of hydrogen-bond acceptors (Lipinski definition) is 1. The van der Waals surface area contributed by atoms with Crippen molar-refractivity contribution in [1.29, 1.82) is 0 Å². The first-order valence-electron chi connectivity index (χ1n) is 16.6. The molecule has 0 N–H and O–H groups in total. The van der Waals surface area contributed by atoms with E-state index in [9.17, 15) is 0 Å². The molecular formula is C43H44OP3RhSi. The quantitative estimate of drug-likeness (QED) is 0.0751. The molecule has 0 saturated carbocycles. The SMILES string of the molecule is C=O.[Rh].c1ccc(P(CC[Si](CCP(c2ccccc2)c2ccccc2)CCP(c2ccccc2)c2ccccc2)c2ccccc2)cc1. The number of carbonyl (C=O) groups is 1. The van der Waals surface area contributed by atoms with Crippen molar-refractivity contribution < 1.29 is 24.3 Å². The molecule has 2 radical (unpaired) electrons. The molecule has 0 unspecified atom stereocenters. The van der Waals surface area contributed by atoms with Gasteiger partial charge >= 0.3 is 0 Å². The standard InChI is InChI=1S/C42H42P3Si.CH2O.Rh/c1-7-19-37(20-8-1)43(38-21-9-2-10-22-38)31-34-46(35-32-44(39-23-11-3-12-24-39)40-25-13-4-14-26-40)36-33-45(41-27-15-5-16-28-41)42-29-17-6-18-30-42;1-2;/h1-30H,31-36H2;1H2;. The zero-order valence-electron chi connectivity index (χ0n) is 27.9. The molecule has 6 heteroatoms. The van der Waals surface area contributed by atoms with Gasteiger partial charge in [0, 0.05) is 28.3 Å². The average Bonchev–Trinajstić information content (AvgIpc) is 3.18. The Labute approximate surface area is 312 Å². The van der Waals surface area contributed by atoms with Gasteiger partial charge in [0.25, 0.3) is 0 Å². The van der Waals surface area contributed by atoms with Crippen LogP contribution < -0.4 is 31.8 Å². The Morgan fingerprint density at radius 3 is 0.653 bits per heavy atom. The maximum atomic E-state index is 8.00. The van der Waals surface area contributed by atoms with Gasteiger partial charge in [-0.15, -0.1) is 0 Å². The van der Waals surface area contributed by atoms with E-state index in [2.05, 4.69) is 182 Å². The van der Waals surface area contributed by atoms with Crippen molar-refractivity contribution >= 4 is 71.2 Å². The Balaban J connectivity index is 0.00000177. The second-order valence-electron chi connectivity index (χ2n) is 11.5. The zero-order chi connectivity index (χ0) is 33.2. The summed E-state index contributed by atoms with van der Waals surface area (Å²) >= 11 is 0. The Kier molecular flexibility index (Phi) is 17.5. The minimum atomic E-state index is -0.623. The smallest absolute Gasteiger partial charge is 0.106 e. The predicted molar refractivity (Wildman–Crippen MR) is 219 cm³/mol. The van der Waals surface area contributed by atoms with E-state index in [0.29, 0.717) is 0 Å². The van der Waals surface area contributed by atoms with E-state index in [0.717, 1.165) is 0 Å². The van der Waals surface area contributed by atoms with Crippen LogP contribution in [0, 0.1) is 0 Å². The summed E-state index contributed by atoms with van der Waals surface area (Å²) in [6.07, 6.45) is 3.84. The number of benzene rings is 6. The minimum absolute atomic E-state index is 0. The molecule has 0 spiro atoms. The first kappa shape index (κ1) is 38.9. The van der Waals surface area contributed by atoms with E-state index in [4.69, 9.17) is 4.79 Å². The van der Waals surface area contributed by atoms with Crippen LogP contribution in [0.15, 0.2) is 182 Å². The van der Waals surface area contributed by atoms with Gasteiger partial charge in [-0.3, -0.25) is 0 Å². The number of hydrogen-bond donors (Lipinski definition) is 0. The van der Waals surface area contributed by atoms with E-state index < -0.39 is 8.80 Å². The Bertz CT molecular complexity index is 1390. The van der Waals surface area contributed by atoms with Crippen LogP contribution in [-0.2, 0) is 24.3 Å². The van der Waals surface area contributed by atoms with E-state index in [1.54, 1.807) is 0 Å². The van der Waals surface area contributed by atoms with Gasteiger partial charge in [0.1, 0.15) is 6.79 Å². The zero-order valence-corrected chi connectivity index (χ0v) is 33.2. The van der Waals surface area contributed by atoms with Crippen LogP contribution >= 0.6 is 23.8 Å². The third-order valence-corrected chi connectivity index (χ3v) is 20.1. The molecule has 6 rings (SSSR count). The molecule has 0 amide bonds. The van der Waals surface area contributed by atoms with Gasteiger partial charge in [0.05, 0.1) is 0 Å². The Hall–Kier alpha value is -2.88. The molecule has 0 aromatic heterocycles. The fourth-order valence-corrected chi connectivity index (χ4v) is 18.9. The molecule has 0 saturated heterocycles. The summed E-state index contributed by atoms with van der Waals surface area (Å²) < 4.78 is 0. The monoisotopic (exact) mass is 800 g/mol. The summed E-state index contributed by atoms with van der Waals surface area (Å²) in [4.78, 5) is 8.00. The van der Waals surface area contributed by atoms with Crippen LogP contribution in [0.4, 0.5) is 0 Å². The second kappa shape index (κ2) is 22.0. The van der Waals surface area contributed by atoms with Crippen LogP contribution in [0.3, 0.4) is 0 Å². The average molecular weight is 801 g/mol. The topological polar surface area (TPSA) is 17.1 Å². The van der Waals surface area contributed by atoms with Crippen molar-refractivity contribution in [3.8, 4) is 0 Å². The molecule has 0 aliphatic heterocycles. The Morgan fingerprint density at radius 1 is 0.327 bits per heavy atom. The molecular weight excluding hydrogens is 756 g/mol. The summed E-state index contributed by atoms with van der Waals surface area (Å²) in [5.41, 5.74) is 0. The van der Waals surface area contributed by atoms with Crippen molar-refractivity contribution in [2.24, 2.45) is 0 Å². The van der Waals surface area contributed by atoms with Gasteiger partial charge in [-0.2, -0.15) is 0 Å². The molecule has 0 aliphatic carbocycles. The van der Waals surface area contributed by atoms with Crippen LogP contribution in [0.2, 0.25) is 18.1 Å². The van der Waals surface area contributed by atoms with Gasteiger partial charge in [-0.25, -0.2) is 0 Å². The van der Waals surface area contributed by atoms with Crippen molar-refractivity contribution in [2.45, 2.75) is 18.1 Å². The van der Waals surface area contributed by atoms with Gasteiger partial charge in [0.15, 0.2) is 0 Å². The van der Waals surface area contributed by atoms with Crippen molar-refractivity contribution in [3.63, 3.8) is 0 Å². The Morgan fingerprint density at radius 2 is 0.490 bits per heavy atom. The maximum Gasteiger partial charge on any atom is 0.106 e. The molecule has 6 aromatic carbocycles. The first-order chi connectivity index (χ1) is 23.8. The van der Waals surface area contributed by atoms with Crippen LogP contribution in [0.1, 0.15) is 0 Å². The van der Waals surface area contributed by atoms with Gasteiger partial charge in [0.2, 0.25) is 0 Å². The maximum absolute atomic E-state index is 8.00. The summed E-state index contributed by atoms with van der Waals surface area (Å²) in [6.45, 7) is 2.00. The fraction of sp³-hybridized carbons (Fsp3) is 0.140. The fourth-order valence-electron chi connectivity index (χ4n) is 6.05. The summed E-state index contributed by atoms with van der Waals surface area (Å²) in [5.74, 6) is 0. The molecule has 0 atom stereocenters. The number of carbonyl (C=O) groups excluding carboxylic acids is 1. The van der Waals surface area contributed by atoms with E-state index in [-0.39, 0.29) is 43.2 Å². The van der Waals surface area contributed by atoms with Crippen molar-refractivity contribution in [1.82, 2.24) is 0 Å². The van der Waals surface area contributed by atoms with E-state index >= 15 is 0 Å². The van der Waals surface area contributed by atoms with Crippen molar-refractivity contribution in [3.05, 3.63) is 182 Å². The normalized spacial score (nSPS) is 10.9. The second-order valence-corrected chi connectivity index (χ2v) is 21.5. The molecule has 0 heterocycles. The summed E-state index contributed by atoms with van der Waals surface area (Å²) in [6, 6.07) is 72.0. The molecule has 49 heavy (non-hydrogen) atoms. The molecule has 0 fully saturated rings. The van der Waals surface area contributed by atoms with E-state index in [1.807, 2.05) is 6.79 Å². The summed E-state index contributed by atoms with van der Waals surface area (Å²) in [7, 11) is -1.75. The van der Waals surface area contributed by atoms with Gasteiger partial charge in [-0.05, 0) is 74.1 Å². The number of rotatable bonds is 15. The van der Waals surface area contributed by atoms with Gasteiger partial charge < -0.3 is 4.79 Å². The van der Waals surface area contributed by atoms with Gasteiger partial charge in [-0.1, -0.05) is 200 Å². The molecule has 0 aliphatic rings. The van der Waals surface area contributed by atoms with Crippen LogP contribution in [0.5, 0.6) is 0 Å². The van der Waals surface area contributed by atoms with Crippen molar-refractivity contribution in [2.75, 3.05) is 18.5 Å². The molecule has 0 bridgehead atoms. The predicted octanol–water partition coefficient (Wildman–Crippen LogP) is 8.69. The molecule has 250 valence electrons. The third kappa shape index (κ3) is 11.9. The van der Waals surface area contributed by atoms with Crippen LogP contribution in [-0.4, -0.2) is 34.1 Å². The van der Waals surface area contributed by atoms with E-state index in [1.165, 1.54) is 68.4 Å². The summed E-state index contributed by atoms with van der Waals surface area (Å²) in [5, 5.41) is 9.06. The minimum Gasteiger partial charge on any atom is -0.307 e.